The van der Waals surface area contributed by atoms with Crippen molar-refractivity contribution in [2.45, 2.75) is 51.1 Å². The Morgan fingerprint density at radius 1 is 0.900 bits per heavy atom. The number of ether oxygens (including phenoxy) is 4. The van der Waals surface area contributed by atoms with Crippen LogP contribution in [0.3, 0.4) is 0 Å². The van der Waals surface area contributed by atoms with Crippen LogP contribution in [0.25, 0.3) is 10.8 Å². The maximum Gasteiger partial charge on any atom is 0.200 e. The molecule has 0 aliphatic carbocycles. The van der Waals surface area contributed by atoms with Gasteiger partial charge in [0.05, 0.1) is 43.7 Å². The molecular formula is C33H33ClF2O4. The Labute approximate surface area is 238 Å². The molecule has 4 nitrogen and oxygen atoms in total. The van der Waals surface area contributed by atoms with Crippen molar-refractivity contribution in [2.24, 2.45) is 0 Å². The second-order valence-electron chi connectivity index (χ2n) is 10.0. The third-order valence-corrected chi connectivity index (χ3v) is 7.78. The molecule has 3 atom stereocenters. The molecule has 1 aliphatic heterocycles. The minimum atomic E-state index is -1.01. The zero-order valence-corrected chi connectivity index (χ0v) is 23.4. The van der Waals surface area contributed by atoms with Gasteiger partial charge in [-0.25, -0.2) is 4.39 Å². The van der Waals surface area contributed by atoms with E-state index in [1.54, 1.807) is 0 Å². The fraction of sp³-hybridized carbons (Fsp3) is 0.333. The van der Waals surface area contributed by atoms with Crippen LogP contribution < -0.4 is 4.74 Å². The van der Waals surface area contributed by atoms with Crippen molar-refractivity contribution in [3.63, 3.8) is 0 Å². The van der Waals surface area contributed by atoms with E-state index in [0.29, 0.717) is 36.8 Å². The summed E-state index contributed by atoms with van der Waals surface area (Å²) in [5.41, 5.74) is 2.94. The number of benzene rings is 4. The third kappa shape index (κ3) is 6.31. The summed E-state index contributed by atoms with van der Waals surface area (Å²) >= 11 is 6.86. The van der Waals surface area contributed by atoms with E-state index < -0.39 is 11.6 Å². The molecule has 0 bridgehead atoms. The number of methoxy groups -OCH3 is 1. The van der Waals surface area contributed by atoms with E-state index in [4.69, 9.17) is 30.5 Å². The van der Waals surface area contributed by atoms with Gasteiger partial charge >= 0.3 is 0 Å². The summed E-state index contributed by atoms with van der Waals surface area (Å²) in [5, 5.41) is 2.31. The second kappa shape index (κ2) is 13.1. The zero-order chi connectivity index (χ0) is 28.1. The van der Waals surface area contributed by atoms with Crippen molar-refractivity contribution in [1.82, 2.24) is 0 Å². The molecule has 1 aliphatic rings. The van der Waals surface area contributed by atoms with Gasteiger partial charge in [-0.1, -0.05) is 78.3 Å². The molecule has 4 aromatic rings. The molecule has 0 radical (unpaired) electrons. The first-order valence-electron chi connectivity index (χ1n) is 13.6. The van der Waals surface area contributed by atoms with Crippen molar-refractivity contribution in [2.75, 3.05) is 20.3 Å². The van der Waals surface area contributed by atoms with Crippen LogP contribution in [0, 0.1) is 11.6 Å². The van der Waals surface area contributed by atoms with E-state index in [1.807, 2.05) is 67.6 Å². The van der Waals surface area contributed by atoms with Crippen LogP contribution in [0.5, 0.6) is 5.75 Å². The first-order chi connectivity index (χ1) is 19.5. The SMILES string of the molecule is CCOC1CC(COCc2ccccc2)OC(c2cc(Cc3ccc(OC)c(F)c3F)c(Cl)c3ccccc23)C1. The van der Waals surface area contributed by atoms with Gasteiger partial charge in [0, 0.05) is 31.3 Å². The highest BCUT2D eigenvalue weighted by Crippen LogP contribution is 2.41. The fourth-order valence-corrected chi connectivity index (χ4v) is 5.71. The minimum Gasteiger partial charge on any atom is -0.494 e. The van der Waals surface area contributed by atoms with E-state index in [1.165, 1.54) is 19.2 Å². The van der Waals surface area contributed by atoms with E-state index in [0.717, 1.165) is 28.3 Å². The van der Waals surface area contributed by atoms with Crippen LogP contribution in [0.2, 0.25) is 5.02 Å². The largest absolute Gasteiger partial charge is 0.494 e. The molecule has 0 N–H and O–H groups in total. The Kier molecular flexibility index (Phi) is 9.33. The van der Waals surface area contributed by atoms with Crippen LogP contribution in [-0.4, -0.2) is 32.5 Å². The van der Waals surface area contributed by atoms with Gasteiger partial charge in [0.1, 0.15) is 0 Å². The average molecular weight is 567 g/mol. The lowest BCUT2D eigenvalue weighted by Gasteiger charge is -2.36. The maximum atomic E-state index is 14.9. The first kappa shape index (κ1) is 28.5. The van der Waals surface area contributed by atoms with Gasteiger partial charge in [0.25, 0.3) is 0 Å². The van der Waals surface area contributed by atoms with Gasteiger partial charge in [0.2, 0.25) is 5.82 Å². The highest BCUT2D eigenvalue weighted by Gasteiger charge is 2.32. The zero-order valence-electron chi connectivity index (χ0n) is 22.7. The van der Waals surface area contributed by atoms with Crippen molar-refractivity contribution in [3.05, 3.63) is 112 Å². The van der Waals surface area contributed by atoms with E-state index in [-0.39, 0.29) is 36.0 Å². The van der Waals surface area contributed by atoms with Crippen molar-refractivity contribution in [3.8, 4) is 5.75 Å². The Bertz CT molecular complexity index is 1450. The molecule has 0 amide bonds. The Morgan fingerprint density at radius 2 is 1.65 bits per heavy atom. The summed E-state index contributed by atoms with van der Waals surface area (Å²) in [4.78, 5) is 0. The molecule has 0 aromatic heterocycles. The van der Waals surface area contributed by atoms with Gasteiger partial charge < -0.3 is 18.9 Å². The quantitative estimate of drug-likeness (QED) is 0.194. The topological polar surface area (TPSA) is 36.9 Å². The normalized spacial score (nSPS) is 19.2. The Hall–Kier alpha value is -3.03. The summed E-state index contributed by atoms with van der Waals surface area (Å²) in [5.74, 6) is -2.08. The smallest absolute Gasteiger partial charge is 0.200 e. The van der Waals surface area contributed by atoms with Gasteiger partial charge in [-0.15, -0.1) is 0 Å². The van der Waals surface area contributed by atoms with Crippen LogP contribution in [0.4, 0.5) is 8.78 Å². The Balaban J connectivity index is 1.45. The molecule has 4 aromatic carbocycles. The van der Waals surface area contributed by atoms with Crippen LogP contribution in [0.1, 0.15) is 48.1 Å². The molecule has 1 heterocycles. The molecule has 40 heavy (non-hydrogen) atoms. The first-order valence-corrected chi connectivity index (χ1v) is 14.0. The predicted octanol–water partition coefficient (Wildman–Crippen LogP) is 8.21. The molecule has 3 unspecified atom stereocenters. The van der Waals surface area contributed by atoms with Crippen LogP contribution in [0.15, 0.2) is 72.8 Å². The lowest BCUT2D eigenvalue weighted by Crippen LogP contribution is -2.36. The lowest BCUT2D eigenvalue weighted by atomic mass is 9.89. The highest BCUT2D eigenvalue weighted by molar-refractivity contribution is 6.36. The fourth-order valence-electron chi connectivity index (χ4n) is 5.43. The van der Waals surface area contributed by atoms with Gasteiger partial charge in [0.15, 0.2) is 11.6 Å². The third-order valence-electron chi connectivity index (χ3n) is 7.34. The standard InChI is InChI=1S/C33H33ClF2O4/c1-3-39-24-17-25(20-38-19-21-9-5-4-6-10-21)40-30(18-24)28-16-23(31(34)27-12-8-7-11-26(27)28)15-22-13-14-29(37-2)33(36)32(22)35/h4-14,16,24-25,30H,3,15,17-20H2,1-2H3. The number of hydrogen-bond acceptors (Lipinski definition) is 4. The van der Waals surface area contributed by atoms with E-state index >= 15 is 0 Å². The van der Waals surface area contributed by atoms with Crippen molar-refractivity contribution >= 4 is 22.4 Å². The second-order valence-corrected chi connectivity index (χ2v) is 10.4. The van der Waals surface area contributed by atoms with E-state index in [2.05, 4.69) is 0 Å². The minimum absolute atomic E-state index is 0.0000871. The summed E-state index contributed by atoms with van der Waals surface area (Å²) < 4.78 is 53.0. The monoisotopic (exact) mass is 566 g/mol. The Morgan fingerprint density at radius 3 is 2.40 bits per heavy atom. The highest BCUT2D eigenvalue weighted by atomic mass is 35.5. The maximum absolute atomic E-state index is 14.9. The predicted molar refractivity (Wildman–Crippen MR) is 153 cm³/mol. The van der Waals surface area contributed by atoms with Crippen molar-refractivity contribution in [1.29, 1.82) is 0 Å². The summed E-state index contributed by atoms with van der Waals surface area (Å²) in [6.07, 6.45) is 1.07. The van der Waals surface area contributed by atoms with Gasteiger partial charge in [-0.05, 0) is 40.6 Å². The average Bonchev–Trinajstić information content (AvgIpc) is 2.97. The number of fused-ring (bicyclic) bond motifs is 1. The van der Waals surface area contributed by atoms with Gasteiger partial charge in [-0.2, -0.15) is 4.39 Å². The summed E-state index contributed by atoms with van der Waals surface area (Å²) in [7, 11) is 1.31. The van der Waals surface area contributed by atoms with E-state index in [9.17, 15) is 8.78 Å². The summed E-state index contributed by atoms with van der Waals surface area (Å²) in [6.45, 7) is 3.53. The molecule has 7 heteroatoms. The van der Waals surface area contributed by atoms with Gasteiger partial charge in [-0.3, -0.25) is 0 Å². The number of rotatable bonds is 10. The van der Waals surface area contributed by atoms with Crippen molar-refractivity contribution < 1.29 is 27.7 Å². The number of hydrogen-bond donors (Lipinski definition) is 0. The molecule has 0 saturated carbocycles. The molecular weight excluding hydrogens is 534 g/mol. The summed E-state index contributed by atoms with van der Waals surface area (Å²) in [6, 6.07) is 22.8. The van der Waals surface area contributed by atoms with Crippen LogP contribution in [-0.2, 0) is 27.2 Å². The number of halogens is 3. The molecule has 210 valence electrons. The molecule has 1 saturated heterocycles. The molecule has 5 rings (SSSR count). The molecule has 1 fully saturated rings. The molecule has 0 spiro atoms. The lowest BCUT2D eigenvalue weighted by molar-refractivity contribution is -0.137. The van der Waals surface area contributed by atoms with Crippen LogP contribution >= 0.6 is 11.6 Å².